The van der Waals surface area contributed by atoms with Crippen LogP contribution in [0.3, 0.4) is 0 Å². The highest BCUT2D eigenvalue weighted by Gasteiger charge is 2.30. The fourth-order valence-electron chi connectivity index (χ4n) is 2.26. The molecule has 1 saturated heterocycles. The van der Waals surface area contributed by atoms with Gasteiger partial charge in [-0.25, -0.2) is 13.4 Å². The summed E-state index contributed by atoms with van der Waals surface area (Å²) >= 11 is 5.65. The highest BCUT2D eigenvalue weighted by atomic mass is 35.5. The lowest BCUT2D eigenvalue weighted by molar-refractivity contribution is 0.0912. The Labute approximate surface area is 118 Å². The average molecular weight is 305 g/mol. The van der Waals surface area contributed by atoms with E-state index in [1.807, 2.05) is 0 Å². The molecular formula is C12H17ClN2O3S. The number of piperidine rings is 1. The summed E-state index contributed by atoms with van der Waals surface area (Å²) in [7, 11) is -3.50. The Morgan fingerprint density at radius 1 is 1.42 bits per heavy atom. The van der Waals surface area contributed by atoms with Crippen molar-refractivity contribution in [1.29, 1.82) is 0 Å². The van der Waals surface area contributed by atoms with Gasteiger partial charge in [0.2, 0.25) is 10.0 Å². The van der Waals surface area contributed by atoms with Crippen molar-refractivity contribution in [2.45, 2.75) is 30.8 Å². The van der Waals surface area contributed by atoms with E-state index < -0.39 is 10.0 Å². The molecule has 1 aliphatic heterocycles. The number of hydrogen-bond donors (Lipinski definition) is 1. The molecule has 106 valence electrons. The molecule has 1 fully saturated rings. The van der Waals surface area contributed by atoms with E-state index in [4.69, 9.17) is 11.6 Å². The predicted molar refractivity (Wildman–Crippen MR) is 72.4 cm³/mol. The van der Waals surface area contributed by atoms with E-state index in [0.29, 0.717) is 25.9 Å². The van der Waals surface area contributed by atoms with Crippen molar-refractivity contribution in [2.75, 3.05) is 13.1 Å². The van der Waals surface area contributed by atoms with Crippen LogP contribution in [-0.4, -0.2) is 42.0 Å². The van der Waals surface area contributed by atoms with Gasteiger partial charge in [-0.1, -0.05) is 11.6 Å². The summed E-state index contributed by atoms with van der Waals surface area (Å²) in [6, 6.07) is 2.93. The van der Waals surface area contributed by atoms with Crippen LogP contribution in [0.1, 0.15) is 19.8 Å². The Kier molecular flexibility index (Phi) is 4.45. The van der Waals surface area contributed by atoms with Crippen molar-refractivity contribution < 1.29 is 13.5 Å². The zero-order chi connectivity index (χ0) is 14.0. The van der Waals surface area contributed by atoms with Crippen LogP contribution >= 0.6 is 11.6 Å². The fourth-order valence-corrected chi connectivity index (χ4v) is 3.79. The van der Waals surface area contributed by atoms with E-state index in [2.05, 4.69) is 4.98 Å². The van der Waals surface area contributed by atoms with Crippen molar-refractivity contribution in [1.82, 2.24) is 9.29 Å². The topological polar surface area (TPSA) is 70.5 Å². The van der Waals surface area contributed by atoms with Crippen molar-refractivity contribution in [3.05, 3.63) is 23.5 Å². The summed E-state index contributed by atoms with van der Waals surface area (Å²) in [5.74, 6) is 0.176. The second-order valence-corrected chi connectivity index (χ2v) is 7.12. The molecule has 0 radical (unpaired) electrons. The largest absolute Gasteiger partial charge is 0.393 e. The van der Waals surface area contributed by atoms with E-state index in [-0.39, 0.29) is 22.1 Å². The molecule has 1 aromatic rings. The molecular weight excluding hydrogens is 288 g/mol. The van der Waals surface area contributed by atoms with Gasteiger partial charge in [0, 0.05) is 19.3 Å². The number of nitrogens with zero attached hydrogens (tertiary/aromatic N) is 2. The first-order valence-corrected chi connectivity index (χ1v) is 8.03. The minimum Gasteiger partial charge on any atom is -0.393 e. The molecule has 0 aliphatic carbocycles. The van der Waals surface area contributed by atoms with Crippen LogP contribution in [0.25, 0.3) is 0 Å². The van der Waals surface area contributed by atoms with E-state index in [0.717, 1.165) is 0 Å². The van der Waals surface area contributed by atoms with Crippen molar-refractivity contribution in [2.24, 2.45) is 5.92 Å². The van der Waals surface area contributed by atoms with Crippen molar-refractivity contribution in [3.8, 4) is 0 Å². The third-order valence-electron chi connectivity index (χ3n) is 3.52. The number of aliphatic hydroxyl groups excluding tert-OH is 1. The van der Waals surface area contributed by atoms with Crippen LogP contribution in [0.5, 0.6) is 0 Å². The first-order valence-electron chi connectivity index (χ1n) is 6.21. The predicted octanol–water partition coefficient (Wildman–Crippen LogP) is 1.52. The average Bonchev–Trinajstić information content (AvgIpc) is 2.39. The molecule has 1 unspecified atom stereocenters. The monoisotopic (exact) mass is 304 g/mol. The van der Waals surface area contributed by atoms with Gasteiger partial charge in [0.05, 0.1) is 6.10 Å². The number of rotatable bonds is 3. The lowest BCUT2D eigenvalue weighted by Gasteiger charge is -2.32. The standard InChI is InChI=1S/C12H17ClN2O3S/c1-9(16)10-4-6-15(7-5-10)19(17,18)11-2-3-12(13)14-8-11/h2-3,8-10,16H,4-7H2,1H3. The minimum absolute atomic E-state index is 0.160. The number of hydrogen-bond acceptors (Lipinski definition) is 4. The van der Waals surface area contributed by atoms with Crippen LogP contribution in [-0.2, 0) is 10.0 Å². The first-order chi connectivity index (χ1) is 8.91. The molecule has 0 amide bonds. The van der Waals surface area contributed by atoms with Gasteiger partial charge in [-0.15, -0.1) is 0 Å². The Morgan fingerprint density at radius 3 is 2.53 bits per heavy atom. The van der Waals surface area contributed by atoms with E-state index in [1.165, 1.54) is 22.6 Å². The van der Waals surface area contributed by atoms with Gasteiger partial charge >= 0.3 is 0 Å². The van der Waals surface area contributed by atoms with E-state index >= 15 is 0 Å². The maximum Gasteiger partial charge on any atom is 0.244 e. The summed E-state index contributed by atoms with van der Waals surface area (Å²) < 4.78 is 26.2. The Balaban J connectivity index is 2.12. The van der Waals surface area contributed by atoms with Crippen molar-refractivity contribution in [3.63, 3.8) is 0 Å². The Hall–Kier alpha value is -0.690. The molecule has 1 N–H and O–H groups in total. The quantitative estimate of drug-likeness (QED) is 0.860. The van der Waals surface area contributed by atoms with Crippen LogP contribution in [0.4, 0.5) is 0 Å². The summed E-state index contributed by atoms with van der Waals surface area (Å²) in [6.45, 7) is 2.61. The summed E-state index contributed by atoms with van der Waals surface area (Å²) in [6.07, 6.45) is 2.25. The van der Waals surface area contributed by atoms with Crippen LogP contribution < -0.4 is 0 Å². The normalized spacial score (nSPS) is 20.4. The molecule has 19 heavy (non-hydrogen) atoms. The third kappa shape index (κ3) is 3.25. The minimum atomic E-state index is -3.50. The molecule has 7 heteroatoms. The van der Waals surface area contributed by atoms with Gasteiger partial charge in [-0.3, -0.25) is 0 Å². The summed E-state index contributed by atoms with van der Waals surface area (Å²) in [4.78, 5) is 3.96. The lowest BCUT2D eigenvalue weighted by atomic mass is 9.93. The van der Waals surface area contributed by atoms with Crippen molar-refractivity contribution >= 4 is 21.6 Å². The maximum atomic E-state index is 12.4. The van der Waals surface area contributed by atoms with E-state index in [1.54, 1.807) is 6.92 Å². The van der Waals surface area contributed by atoms with Gasteiger partial charge in [0.25, 0.3) is 0 Å². The maximum absolute atomic E-state index is 12.4. The van der Waals surface area contributed by atoms with E-state index in [9.17, 15) is 13.5 Å². The van der Waals surface area contributed by atoms with Gasteiger partial charge in [-0.05, 0) is 37.8 Å². The smallest absolute Gasteiger partial charge is 0.244 e. The van der Waals surface area contributed by atoms with Gasteiger partial charge in [0.1, 0.15) is 10.0 Å². The molecule has 0 aromatic carbocycles. The number of pyridine rings is 1. The van der Waals surface area contributed by atoms with Gasteiger partial charge < -0.3 is 5.11 Å². The third-order valence-corrected chi connectivity index (χ3v) is 5.62. The molecule has 1 atom stereocenters. The number of aromatic nitrogens is 1. The highest BCUT2D eigenvalue weighted by molar-refractivity contribution is 7.89. The molecule has 0 saturated carbocycles. The van der Waals surface area contributed by atoms with Crippen LogP contribution in [0, 0.1) is 5.92 Å². The molecule has 2 rings (SSSR count). The first kappa shape index (κ1) is 14.7. The van der Waals surface area contributed by atoms with Gasteiger partial charge in [0.15, 0.2) is 0 Å². The van der Waals surface area contributed by atoms with Crippen LogP contribution in [0.2, 0.25) is 5.15 Å². The fraction of sp³-hybridized carbons (Fsp3) is 0.583. The van der Waals surface area contributed by atoms with Gasteiger partial charge in [-0.2, -0.15) is 4.31 Å². The Bertz CT molecular complexity index is 522. The second-order valence-electron chi connectivity index (χ2n) is 4.80. The number of aliphatic hydroxyl groups is 1. The molecule has 1 aromatic heterocycles. The summed E-state index contributed by atoms with van der Waals surface area (Å²) in [5.41, 5.74) is 0. The molecule has 0 bridgehead atoms. The lowest BCUT2D eigenvalue weighted by Crippen LogP contribution is -2.40. The molecule has 5 nitrogen and oxygen atoms in total. The zero-order valence-corrected chi connectivity index (χ0v) is 12.2. The van der Waals surface area contributed by atoms with Crippen LogP contribution in [0.15, 0.2) is 23.2 Å². The molecule has 0 spiro atoms. The Morgan fingerprint density at radius 2 is 2.05 bits per heavy atom. The summed E-state index contributed by atoms with van der Waals surface area (Å²) in [5, 5.41) is 9.79. The number of sulfonamides is 1. The zero-order valence-electron chi connectivity index (χ0n) is 10.7. The number of halogens is 1. The molecule has 1 aliphatic rings. The highest BCUT2D eigenvalue weighted by Crippen LogP contribution is 2.25. The second kappa shape index (κ2) is 5.75. The molecule has 2 heterocycles. The SMILES string of the molecule is CC(O)C1CCN(S(=O)(=O)c2ccc(Cl)nc2)CC1.